The third-order valence-electron chi connectivity index (χ3n) is 5.10. The summed E-state index contributed by atoms with van der Waals surface area (Å²) in [5, 5.41) is 11.0. The number of nitrogens with two attached hydrogens (primary N) is 1. The van der Waals surface area contributed by atoms with Crippen LogP contribution in [0.2, 0.25) is 0 Å². The van der Waals surface area contributed by atoms with Gasteiger partial charge in [0.05, 0.1) is 24.1 Å². The predicted octanol–water partition coefficient (Wildman–Crippen LogP) is 1.15. The van der Waals surface area contributed by atoms with Crippen molar-refractivity contribution in [1.29, 1.82) is 5.41 Å². The largest absolute Gasteiger partial charge is 0.404 e. The highest BCUT2D eigenvalue weighted by Crippen LogP contribution is 2.24. The summed E-state index contributed by atoms with van der Waals surface area (Å²) in [6.07, 6.45) is 10.0. The van der Waals surface area contributed by atoms with Crippen molar-refractivity contribution in [2.45, 2.75) is 25.9 Å². The van der Waals surface area contributed by atoms with Crippen molar-refractivity contribution in [1.82, 2.24) is 29.7 Å². The number of piperazine rings is 1. The number of aryl methyl sites for hydroxylation is 1. The maximum Gasteiger partial charge on any atom is 0.180 e. The van der Waals surface area contributed by atoms with Crippen molar-refractivity contribution >= 4 is 17.7 Å². The minimum absolute atomic E-state index is 0.0285. The molecular weight excluding hydrogens is 354 g/mol. The summed E-state index contributed by atoms with van der Waals surface area (Å²) in [4.78, 5) is 20.2. The SMILES string of the molecule is Cc1cn2c(-c3nccc(N4CCNC(/C(C=N)=C/N)C4C)n3)cnc2cn1. The van der Waals surface area contributed by atoms with Gasteiger partial charge in [0.1, 0.15) is 11.5 Å². The molecule has 4 rings (SSSR count). The van der Waals surface area contributed by atoms with Crippen LogP contribution in [-0.4, -0.2) is 55.7 Å². The molecule has 4 N–H and O–H groups in total. The quantitative estimate of drug-likeness (QED) is 0.583. The highest BCUT2D eigenvalue weighted by atomic mass is 15.3. The van der Waals surface area contributed by atoms with Gasteiger partial charge in [0.25, 0.3) is 0 Å². The molecular formula is C19H23N9. The maximum atomic E-state index is 7.61. The number of imidazole rings is 1. The first-order valence-electron chi connectivity index (χ1n) is 9.18. The summed E-state index contributed by atoms with van der Waals surface area (Å²) in [6, 6.07) is 1.97. The monoisotopic (exact) mass is 377 g/mol. The van der Waals surface area contributed by atoms with Crippen LogP contribution < -0.4 is 16.0 Å². The first-order chi connectivity index (χ1) is 13.6. The van der Waals surface area contributed by atoms with Crippen molar-refractivity contribution in [3.63, 3.8) is 0 Å². The van der Waals surface area contributed by atoms with E-state index in [1.165, 1.54) is 12.4 Å². The Morgan fingerprint density at radius 2 is 2.18 bits per heavy atom. The molecule has 0 radical (unpaired) electrons. The first-order valence-corrected chi connectivity index (χ1v) is 9.18. The van der Waals surface area contributed by atoms with Gasteiger partial charge in [0, 0.05) is 49.5 Å². The van der Waals surface area contributed by atoms with Crippen LogP contribution in [0.25, 0.3) is 17.2 Å². The van der Waals surface area contributed by atoms with Crippen LogP contribution in [-0.2, 0) is 0 Å². The Kier molecular flexibility index (Phi) is 4.74. The number of nitrogens with one attached hydrogen (secondary N) is 2. The lowest BCUT2D eigenvalue weighted by atomic mass is 9.98. The molecule has 0 bridgehead atoms. The number of nitrogens with zero attached hydrogens (tertiary/aromatic N) is 6. The van der Waals surface area contributed by atoms with Gasteiger partial charge in [-0.3, -0.25) is 9.38 Å². The van der Waals surface area contributed by atoms with Crippen molar-refractivity contribution in [3.8, 4) is 11.5 Å². The molecule has 1 aliphatic rings. The topological polar surface area (TPSA) is 121 Å². The molecule has 9 nitrogen and oxygen atoms in total. The molecule has 2 atom stereocenters. The average Bonchev–Trinajstić information content (AvgIpc) is 3.13. The smallest absolute Gasteiger partial charge is 0.180 e. The molecule has 3 aromatic heterocycles. The third kappa shape index (κ3) is 3.09. The summed E-state index contributed by atoms with van der Waals surface area (Å²) < 4.78 is 1.95. The van der Waals surface area contributed by atoms with Gasteiger partial charge in [-0.1, -0.05) is 0 Å². The van der Waals surface area contributed by atoms with Crippen molar-refractivity contribution in [2.24, 2.45) is 5.73 Å². The highest BCUT2D eigenvalue weighted by molar-refractivity contribution is 5.78. The molecule has 0 aliphatic carbocycles. The average molecular weight is 377 g/mol. The number of hydrogen-bond acceptors (Lipinski definition) is 8. The molecule has 0 aromatic carbocycles. The van der Waals surface area contributed by atoms with Crippen LogP contribution in [0.4, 0.5) is 5.82 Å². The van der Waals surface area contributed by atoms with Crippen LogP contribution >= 0.6 is 0 Å². The lowest BCUT2D eigenvalue weighted by molar-refractivity contribution is 0.424. The Hall–Kier alpha value is -3.33. The van der Waals surface area contributed by atoms with Crippen LogP contribution in [0.15, 0.2) is 42.6 Å². The summed E-state index contributed by atoms with van der Waals surface area (Å²) in [7, 11) is 0. The minimum atomic E-state index is -0.0285. The number of rotatable bonds is 4. The molecule has 4 heterocycles. The summed E-state index contributed by atoms with van der Waals surface area (Å²) >= 11 is 0. The molecule has 1 saturated heterocycles. The van der Waals surface area contributed by atoms with Gasteiger partial charge in [-0.15, -0.1) is 0 Å². The fourth-order valence-corrected chi connectivity index (χ4v) is 3.64. The summed E-state index contributed by atoms with van der Waals surface area (Å²) in [5.74, 6) is 1.45. The molecule has 0 spiro atoms. The Bertz CT molecular complexity index is 1040. The third-order valence-corrected chi connectivity index (χ3v) is 5.10. The fourth-order valence-electron chi connectivity index (χ4n) is 3.64. The Labute approximate surface area is 162 Å². The lowest BCUT2D eigenvalue weighted by Gasteiger charge is -2.41. The second-order valence-electron chi connectivity index (χ2n) is 6.82. The normalized spacial score (nSPS) is 20.5. The molecule has 28 heavy (non-hydrogen) atoms. The van der Waals surface area contributed by atoms with E-state index in [-0.39, 0.29) is 12.1 Å². The van der Waals surface area contributed by atoms with E-state index >= 15 is 0 Å². The van der Waals surface area contributed by atoms with Gasteiger partial charge in [0.2, 0.25) is 0 Å². The zero-order chi connectivity index (χ0) is 19.7. The Morgan fingerprint density at radius 3 is 2.96 bits per heavy atom. The van der Waals surface area contributed by atoms with Crippen molar-refractivity contribution in [2.75, 3.05) is 18.0 Å². The summed E-state index contributed by atoms with van der Waals surface area (Å²) in [6.45, 7) is 5.63. The number of aromatic nitrogens is 5. The number of hydrogen-bond donors (Lipinski definition) is 3. The molecule has 144 valence electrons. The molecule has 1 aliphatic heterocycles. The predicted molar refractivity (Wildman–Crippen MR) is 108 cm³/mol. The Morgan fingerprint density at radius 1 is 1.32 bits per heavy atom. The lowest BCUT2D eigenvalue weighted by Crippen LogP contribution is -2.58. The van der Waals surface area contributed by atoms with Crippen LogP contribution in [0.1, 0.15) is 12.6 Å². The van der Waals surface area contributed by atoms with E-state index in [1.807, 2.05) is 23.6 Å². The van der Waals surface area contributed by atoms with Crippen molar-refractivity contribution < 1.29 is 0 Å². The summed E-state index contributed by atoms with van der Waals surface area (Å²) in [5.41, 5.74) is 8.94. The second-order valence-corrected chi connectivity index (χ2v) is 6.82. The van der Waals surface area contributed by atoms with Crippen LogP contribution in [0, 0.1) is 12.3 Å². The van der Waals surface area contributed by atoms with E-state index in [0.29, 0.717) is 5.82 Å². The number of fused-ring (bicyclic) bond motifs is 1. The zero-order valence-corrected chi connectivity index (χ0v) is 15.9. The van der Waals surface area contributed by atoms with Gasteiger partial charge in [-0.05, 0) is 19.9 Å². The zero-order valence-electron chi connectivity index (χ0n) is 15.9. The molecule has 9 heteroatoms. The standard InChI is InChI=1S/C19H23N9/c1-12-11-28-15(9-25-17(28)10-24-12)19-23-4-3-16(26-19)27-6-5-22-18(13(27)2)14(7-20)8-21/h3-4,7-11,13,18,20,22H,5-6,21H2,1-2H3/b14-8+,20-7?. The molecule has 3 aromatic rings. The van der Waals surface area contributed by atoms with Gasteiger partial charge < -0.3 is 21.4 Å². The van der Waals surface area contributed by atoms with E-state index in [1.54, 1.807) is 18.6 Å². The van der Waals surface area contributed by atoms with Gasteiger partial charge in [0.15, 0.2) is 11.5 Å². The fraction of sp³-hybridized carbons (Fsp3) is 0.316. The van der Waals surface area contributed by atoms with Crippen molar-refractivity contribution in [3.05, 3.63) is 48.3 Å². The number of anilines is 1. The second kappa shape index (κ2) is 7.35. The van der Waals surface area contributed by atoms with Crippen LogP contribution in [0.3, 0.4) is 0 Å². The molecule has 0 saturated carbocycles. The van der Waals surface area contributed by atoms with Gasteiger partial charge in [-0.25, -0.2) is 15.0 Å². The van der Waals surface area contributed by atoms with E-state index < -0.39 is 0 Å². The maximum absolute atomic E-state index is 7.61. The van der Waals surface area contributed by atoms with Gasteiger partial charge in [-0.2, -0.15) is 0 Å². The van der Waals surface area contributed by atoms with E-state index in [2.05, 4.69) is 32.1 Å². The first kappa shape index (κ1) is 18.1. The molecule has 1 fully saturated rings. The van der Waals surface area contributed by atoms with E-state index in [9.17, 15) is 0 Å². The minimum Gasteiger partial charge on any atom is -0.404 e. The van der Waals surface area contributed by atoms with E-state index in [0.717, 1.165) is 41.5 Å². The molecule has 2 unspecified atom stereocenters. The van der Waals surface area contributed by atoms with Crippen LogP contribution in [0.5, 0.6) is 0 Å². The van der Waals surface area contributed by atoms with Gasteiger partial charge >= 0.3 is 0 Å². The molecule has 0 amide bonds. The highest BCUT2D eigenvalue weighted by Gasteiger charge is 2.30. The Balaban J connectivity index is 1.70. The van der Waals surface area contributed by atoms with E-state index in [4.69, 9.17) is 16.1 Å².